The van der Waals surface area contributed by atoms with Crippen LogP contribution in [0, 0.1) is 0 Å². The van der Waals surface area contributed by atoms with Crippen molar-refractivity contribution in [1.82, 2.24) is 10.2 Å². The van der Waals surface area contributed by atoms with Crippen LogP contribution in [0.4, 0.5) is 5.69 Å². The van der Waals surface area contributed by atoms with E-state index in [2.05, 4.69) is 5.32 Å². The van der Waals surface area contributed by atoms with E-state index in [0.717, 1.165) is 16.1 Å². The second kappa shape index (κ2) is 10.6. The molecule has 2 aromatic carbocycles. The average Bonchev–Trinajstić information content (AvgIpc) is 2.69. The highest BCUT2D eigenvalue weighted by Gasteiger charge is 2.30. The van der Waals surface area contributed by atoms with Crippen molar-refractivity contribution in [2.45, 2.75) is 39.4 Å². The molecule has 0 aliphatic heterocycles. The topological polar surface area (TPSA) is 86.8 Å². The van der Waals surface area contributed by atoms with E-state index in [4.69, 9.17) is 11.6 Å². The number of benzene rings is 2. The largest absolute Gasteiger partial charge is 0.352 e. The van der Waals surface area contributed by atoms with Crippen LogP contribution in [-0.4, -0.2) is 50.0 Å². The van der Waals surface area contributed by atoms with Crippen LogP contribution < -0.4 is 9.62 Å². The van der Waals surface area contributed by atoms with Crippen LogP contribution in [0.1, 0.15) is 26.3 Å². The van der Waals surface area contributed by atoms with Gasteiger partial charge >= 0.3 is 0 Å². The van der Waals surface area contributed by atoms with Crippen molar-refractivity contribution in [2.24, 2.45) is 0 Å². The van der Waals surface area contributed by atoms with Gasteiger partial charge in [-0.2, -0.15) is 0 Å². The molecule has 0 saturated carbocycles. The third kappa shape index (κ3) is 7.25. The van der Waals surface area contributed by atoms with Crippen molar-refractivity contribution in [3.8, 4) is 0 Å². The number of carbonyl (C=O) groups is 2. The molecule has 0 saturated heterocycles. The maximum absolute atomic E-state index is 13.3. The fourth-order valence-electron chi connectivity index (χ4n) is 3.03. The summed E-state index contributed by atoms with van der Waals surface area (Å²) in [5.74, 6) is -0.823. The summed E-state index contributed by atoms with van der Waals surface area (Å²) in [6.45, 7) is 4.96. The molecule has 2 amide bonds. The molecule has 0 fully saturated rings. The number of nitrogens with one attached hydrogen (secondary N) is 1. The Labute approximate surface area is 189 Å². The first-order valence-corrected chi connectivity index (χ1v) is 12.1. The normalized spacial score (nSPS) is 12.3. The molecular weight excluding hydrogens is 438 g/mol. The Kier molecular flexibility index (Phi) is 8.47. The summed E-state index contributed by atoms with van der Waals surface area (Å²) in [7, 11) is -3.73. The SMILES string of the molecule is CC(C)NC(=O)[C@H](C)N(Cc1cccc(Cl)c1)C(=O)CN(c1ccccc1)S(C)(=O)=O. The monoisotopic (exact) mass is 465 g/mol. The predicted octanol–water partition coefficient (Wildman–Crippen LogP) is 3.05. The summed E-state index contributed by atoms with van der Waals surface area (Å²) in [4.78, 5) is 27.3. The third-order valence-electron chi connectivity index (χ3n) is 4.56. The number of rotatable bonds is 9. The van der Waals surface area contributed by atoms with E-state index >= 15 is 0 Å². The van der Waals surface area contributed by atoms with Gasteiger partial charge in [0.1, 0.15) is 12.6 Å². The van der Waals surface area contributed by atoms with Gasteiger partial charge in [0.25, 0.3) is 0 Å². The molecule has 2 rings (SSSR count). The molecule has 7 nitrogen and oxygen atoms in total. The van der Waals surface area contributed by atoms with Crippen molar-refractivity contribution < 1.29 is 18.0 Å². The number of hydrogen-bond donors (Lipinski definition) is 1. The molecule has 1 N–H and O–H groups in total. The van der Waals surface area contributed by atoms with Crippen molar-refractivity contribution in [2.75, 3.05) is 17.1 Å². The zero-order valence-corrected chi connectivity index (χ0v) is 19.7. The molecule has 31 heavy (non-hydrogen) atoms. The maximum atomic E-state index is 13.3. The molecule has 0 bridgehead atoms. The van der Waals surface area contributed by atoms with Crippen LogP contribution in [0.5, 0.6) is 0 Å². The average molecular weight is 466 g/mol. The molecule has 0 aromatic heterocycles. The van der Waals surface area contributed by atoms with Gasteiger partial charge in [-0.1, -0.05) is 41.9 Å². The zero-order valence-electron chi connectivity index (χ0n) is 18.1. The first kappa shape index (κ1) is 24.7. The lowest BCUT2D eigenvalue weighted by Gasteiger charge is -2.31. The van der Waals surface area contributed by atoms with Crippen molar-refractivity contribution in [3.63, 3.8) is 0 Å². The number of sulfonamides is 1. The van der Waals surface area contributed by atoms with Crippen molar-refractivity contribution in [3.05, 3.63) is 65.2 Å². The van der Waals surface area contributed by atoms with Gasteiger partial charge < -0.3 is 10.2 Å². The van der Waals surface area contributed by atoms with E-state index in [0.29, 0.717) is 10.7 Å². The van der Waals surface area contributed by atoms with Gasteiger partial charge in [-0.05, 0) is 50.6 Å². The Bertz CT molecular complexity index is 1010. The third-order valence-corrected chi connectivity index (χ3v) is 5.94. The van der Waals surface area contributed by atoms with Gasteiger partial charge in [-0.15, -0.1) is 0 Å². The van der Waals surface area contributed by atoms with Gasteiger partial charge in [0.2, 0.25) is 21.8 Å². The number of amides is 2. The van der Waals surface area contributed by atoms with E-state index in [1.54, 1.807) is 61.5 Å². The minimum absolute atomic E-state index is 0.102. The summed E-state index contributed by atoms with van der Waals surface area (Å²) in [5, 5.41) is 3.31. The Morgan fingerprint density at radius 1 is 1.03 bits per heavy atom. The predicted molar refractivity (Wildman–Crippen MR) is 123 cm³/mol. The number of nitrogens with zero attached hydrogens (tertiary/aromatic N) is 2. The second-order valence-corrected chi connectivity index (χ2v) is 9.94. The molecule has 0 aliphatic carbocycles. The summed E-state index contributed by atoms with van der Waals surface area (Å²) in [5.41, 5.74) is 1.11. The highest BCUT2D eigenvalue weighted by molar-refractivity contribution is 7.92. The number of hydrogen-bond acceptors (Lipinski definition) is 4. The lowest BCUT2D eigenvalue weighted by atomic mass is 10.1. The molecule has 0 heterocycles. The van der Waals surface area contributed by atoms with E-state index in [1.807, 2.05) is 13.8 Å². The van der Waals surface area contributed by atoms with E-state index in [1.165, 1.54) is 4.90 Å². The van der Waals surface area contributed by atoms with Crippen molar-refractivity contribution in [1.29, 1.82) is 0 Å². The van der Waals surface area contributed by atoms with Crippen LogP contribution in [0.25, 0.3) is 0 Å². The fourth-order valence-corrected chi connectivity index (χ4v) is 4.09. The molecule has 0 unspecified atom stereocenters. The molecular formula is C22H28ClN3O4S. The molecule has 0 spiro atoms. The lowest BCUT2D eigenvalue weighted by molar-refractivity contribution is -0.139. The Balaban J connectivity index is 2.36. The highest BCUT2D eigenvalue weighted by atomic mass is 35.5. The van der Waals surface area contributed by atoms with E-state index in [9.17, 15) is 18.0 Å². The fraction of sp³-hybridized carbons (Fsp3) is 0.364. The molecule has 1 atom stereocenters. The first-order chi connectivity index (χ1) is 14.5. The van der Waals surface area contributed by atoms with E-state index < -0.39 is 28.5 Å². The highest BCUT2D eigenvalue weighted by Crippen LogP contribution is 2.19. The number of carbonyl (C=O) groups excluding carboxylic acids is 2. The van der Waals surface area contributed by atoms with Crippen LogP contribution in [-0.2, 0) is 26.2 Å². The second-order valence-electron chi connectivity index (χ2n) is 7.60. The molecule has 9 heteroatoms. The molecule has 0 radical (unpaired) electrons. The number of halogens is 1. The molecule has 2 aromatic rings. The Morgan fingerprint density at radius 2 is 1.68 bits per heavy atom. The maximum Gasteiger partial charge on any atom is 0.244 e. The smallest absolute Gasteiger partial charge is 0.244 e. The van der Waals surface area contributed by atoms with Gasteiger partial charge in [0.15, 0.2) is 0 Å². The van der Waals surface area contributed by atoms with Crippen molar-refractivity contribution >= 4 is 39.1 Å². The number of para-hydroxylation sites is 1. The van der Waals surface area contributed by atoms with Gasteiger partial charge in [0.05, 0.1) is 11.9 Å². The quantitative estimate of drug-likeness (QED) is 0.616. The summed E-state index contributed by atoms with van der Waals surface area (Å²) in [6, 6.07) is 14.4. The Hall–Kier alpha value is -2.58. The summed E-state index contributed by atoms with van der Waals surface area (Å²) in [6.07, 6.45) is 1.05. The van der Waals surface area contributed by atoms with E-state index in [-0.39, 0.29) is 18.5 Å². The zero-order chi connectivity index (χ0) is 23.2. The van der Waals surface area contributed by atoms with Crippen LogP contribution in [0.15, 0.2) is 54.6 Å². The standard InChI is InChI=1S/C22H28ClN3O4S/c1-16(2)24-22(28)17(3)25(14-18-9-8-10-19(23)13-18)21(27)15-26(31(4,29)30)20-11-6-5-7-12-20/h5-13,16-17H,14-15H2,1-4H3,(H,24,28)/t17-/m0/s1. The van der Waals surface area contributed by atoms with Crippen LogP contribution in [0.3, 0.4) is 0 Å². The van der Waals surface area contributed by atoms with Gasteiger partial charge in [-0.3, -0.25) is 13.9 Å². The van der Waals surface area contributed by atoms with Gasteiger partial charge in [-0.25, -0.2) is 8.42 Å². The minimum Gasteiger partial charge on any atom is -0.352 e. The lowest BCUT2D eigenvalue weighted by Crippen LogP contribution is -2.52. The van der Waals surface area contributed by atoms with Gasteiger partial charge in [0, 0.05) is 17.6 Å². The minimum atomic E-state index is -3.73. The first-order valence-electron chi connectivity index (χ1n) is 9.86. The Morgan fingerprint density at radius 3 is 2.23 bits per heavy atom. The number of anilines is 1. The van der Waals surface area contributed by atoms with Crippen LogP contribution >= 0.6 is 11.6 Å². The molecule has 0 aliphatic rings. The summed E-state index contributed by atoms with van der Waals surface area (Å²) < 4.78 is 25.8. The van der Waals surface area contributed by atoms with Crippen LogP contribution in [0.2, 0.25) is 5.02 Å². The molecule has 168 valence electrons. The summed E-state index contributed by atoms with van der Waals surface area (Å²) >= 11 is 6.07.